The number of allylic oxidation sites excluding steroid dienone is 1. The first-order chi connectivity index (χ1) is 8.72. The minimum Gasteiger partial charge on any atom is -0.273 e. The van der Waals surface area contributed by atoms with E-state index in [1.807, 2.05) is 43.3 Å². The molecule has 1 aromatic carbocycles. The predicted molar refractivity (Wildman–Crippen MR) is 76.3 cm³/mol. The molecule has 1 aromatic rings. The van der Waals surface area contributed by atoms with Gasteiger partial charge in [-0.2, -0.15) is 5.10 Å². The molecule has 0 saturated carbocycles. The number of amides is 1. The fourth-order valence-corrected chi connectivity index (χ4v) is 1.45. The van der Waals surface area contributed by atoms with Gasteiger partial charge in [0.1, 0.15) is 0 Å². The highest BCUT2D eigenvalue weighted by Gasteiger charge is 1.96. The lowest BCUT2D eigenvalue weighted by Gasteiger charge is -1.98. The molecular formula is C15H20N2O. The number of nitrogens with zero attached hydrogens (tertiary/aromatic N) is 1. The maximum atomic E-state index is 11.3. The van der Waals surface area contributed by atoms with Crippen molar-refractivity contribution in [2.24, 2.45) is 5.10 Å². The summed E-state index contributed by atoms with van der Waals surface area (Å²) in [5.74, 6) is -0.0272. The number of unbranched alkanes of at least 4 members (excludes halogenated alkanes) is 1. The van der Waals surface area contributed by atoms with Gasteiger partial charge in [0.2, 0.25) is 5.91 Å². The van der Waals surface area contributed by atoms with E-state index < -0.39 is 0 Å². The molecule has 0 fully saturated rings. The van der Waals surface area contributed by atoms with Crippen molar-refractivity contribution in [3.63, 3.8) is 0 Å². The van der Waals surface area contributed by atoms with Crippen molar-refractivity contribution in [1.29, 1.82) is 0 Å². The Morgan fingerprint density at radius 2 is 2.06 bits per heavy atom. The van der Waals surface area contributed by atoms with Crippen LogP contribution in [-0.4, -0.2) is 12.1 Å². The van der Waals surface area contributed by atoms with Gasteiger partial charge in [-0.3, -0.25) is 4.79 Å². The van der Waals surface area contributed by atoms with E-state index in [1.165, 1.54) is 0 Å². The summed E-state index contributed by atoms with van der Waals surface area (Å²) in [6, 6.07) is 10.0. The third-order valence-electron chi connectivity index (χ3n) is 2.41. The van der Waals surface area contributed by atoms with Crippen LogP contribution in [0.5, 0.6) is 0 Å². The number of carbonyl (C=O) groups excluding carboxylic acids is 1. The van der Waals surface area contributed by atoms with Crippen LogP contribution in [-0.2, 0) is 4.79 Å². The highest BCUT2D eigenvalue weighted by atomic mass is 16.2. The highest BCUT2D eigenvalue weighted by molar-refractivity contribution is 5.86. The van der Waals surface area contributed by atoms with E-state index in [0.29, 0.717) is 6.42 Å². The molecule has 0 heterocycles. The summed E-state index contributed by atoms with van der Waals surface area (Å²) >= 11 is 0. The Kier molecular flexibility index (Phi) is 6.47. The summed E-state index contributed by atoms with van der Waals surface area (Å²) < 4.78 is 0. The van der Waals surface area contributed by atoms with E-state index in [9.17, 15) is 4.79 Å². The Bertz CT molecular complexity index is 421. The summed E-state index contributed by atoms with van der Waals surface area (Å²) in [5.41, 5.74) is 4.64. The van der Waals surface area contributed by atoms with Gasteiger partial charge >= 0.3 is 0 Å². The Hall–Kier alpha value is -1.90. The van der Waals surface area contributed by atoms with Crippen molar-refractivity contribution in [2.45, 2.75) is 33.1 Å². The Morgan fingerprint density at radius 1 is 1.33 bits per heavy atom. The maximum Gasteiger partial charge on any atom is 0.240 e. The van der Waals surface area contributed by atoms with Gasteiger partial charge in [-0.15, -0.1) is 0 Å². The summed E-state index contributed by atoms with van der Waals surface area (Å²) in [4.78, 5) is 11.3. The molecule has 0 radical (unpaired) electrons. The first-order valence-corrected chi connectivity index (χ1v) is 6.27. The zero-order valence-corrected chi connectivity index (χ0v) is 11.0. The molecule has 0 spiro atoms. The molecule has 0 aromatic heterocycles. The van der Waals surface area contributed by atoms with Crippen molar-refractivity contribution in [3.05, 3.63) is 41.5 Å². The normalized spacial score (nSPS) is 11.8. The fraction of sp³-hybridized carbons (Fsp3) is 0.333. The van der Waals surface area contributed by atoms with Crippen LogP contribution < -0.4 is 5.43 Å². The van der Waals surface area contributed by atoms with E-state index in [1.54, 1.807) is 6.21 Å². The summed E-state index contributed by atoms with van der Waals surface area (Å²) in [5, 5.41) is 3.93. The quantitative estimate of drug-likeness (QED) is 0.605. The van der Waals surface area contributed by atoms with E-state index in [4.69, 9.17) is 0 Å². The molecule has 0 saturated heterocycles. The molecule has 0 aliphatic carbocycles. The number of hydrogen-bond donors (Lipinski definition) is 1. The molecule has 1 N–H and O–H groups in total. The Balaban J connectivity index is 2.42. The molecule has 1 amide bonds. The van der Waals surface area contributed by atoms with Crippen molar-refractivity contribution < 1.29 is 4.79 Å². The van der Waals surface area contributed by atoms with Crippen molar-refractivity contribution in [3.8, 4) is 0 Å². The van der Waals surface area contributed by atoms with Crippen LogP contribution in [0.15, 0.2) is 41.0 Å². The maximum absolute atomic E-state index is 11.3. The second kappa shape index (κ2) is 8.23. The van der Waals surface area contributed by atoms with Gasteiger partial charge in [0, 0.05) is 6.42 Å². The summed E-state index contributed by atoms with van der Waals surface area (Å²) in [6.07, 6.45) is 6.14. The lowest BCUT2D eigenvalue weighted by Crippen LogP contribution is -2.16. The first kappa shape index (κ1) is 14.2. The van der Waals surface area contributed by atoms with Crippen LogP contribution in [0.1, 0.15) is 38.7 Å². The fourth-order valence-electron chi connectivity index (χ4n) is 1.45. The molecule has 18 heavy (non-hydrogen) atoms. The van der Waals surface area contributed by atoms with E-state index in [2.05, 4.69) is 17.5 Å². The second-order valence-electron chi connectivity index (χ2n) is 4.20. The lowest BCUT2D eigenvalue weighted by atomic mass is 10.1. The minimum atomic E-state index is -0.0272. The molecule has 0 aliphatic heterocycles. The molecule has 3 heteroatoms. The van der Waals surface area contributed by atoms with Gasteiger partial charge in [-0.1, -0.05) is 49.8 Å². The van der Waals surface area contributed by atoms with E-state index in [-0.39, 0.29) is 5.91 Å². The van der Waals surface area contributed by atoms with Crippen LogP contribution in [0.25, 0.3) is 6.08 Å². The second-order valence-corrected chi connectivity index (χ2v) is 4.20. The van der Waals surface area contributed by atoms with Crippen LogP contribution in [0.3, 0.4) is 0 Å². The third kappa shape index (κ3) is 5.99. The monoisotopic (exact) mass is 244 g/mol. The number of carbonyl (C=O) groups is 1. The highest BCUT2D eigenvalue weighted by Crippen LogP contribution is 2.04. The Labute approximate surface area is 109 Å². The molecule has 0 unspecified atom stereocenters. The van der Waals surface area contributed by atoms with Crippen LogP contribution in [0, 0.1) is 0 Å². The third-order valence-corrected chi connectivity index (χ3v) is 2.41. The summed E-state index contributed by atoms with van der Waals surface area (Å²) in [7, 11) is 0. The van der Waals surface area contributed by atoms with Gasteiger partial charge < -0.3 is 0 Å². The number of hydrogen-bond acceptors (Lipinski definition) is 2. The number of rotatable bonds is 6. The average Bonchev–Trinajstić information content (AvgIpc) is 2.37. The average molecular weight is 244 g/mol. The van der Waals surface area contributed by atoms with Crippen molar-refractivity contribution >= 4 is 18.2 Å². The van der Waals surface area contributed by atoms with Crippen LogP contribution in [0.2, 0.25) is 0 Å². The van der Waals surface area contributed by atoms with E-state index in [0.717, 1.165) is 24.0 Å². The smallest absolute Gasteiger partial charge is 0.240 e. The SMILES string of the molecule is CCCCC(=O)N/N=C\C(C)=C\c1ccccc1. The lowest BCUT2D eigenvalue weighted by molar-refractivity contribution is -0.121. The minimum absolute atomic E-state index is 0.0272. The topological polar surface area (TPSA) is 41.5 Å². The van der Waals surface area contributed by atoms with Gasteiger partial charge in [0.05, 0.1) is 6.21 Å². The number of benzene rings is 1. The standard InChI is InChI=1S/C15H20N2O/c1-3-4-10-15(18)17-16-12-13(2)11-14-8-6-5-7-9-14/h5-9,11-12H,3-4,10H2,1-2H3,(H,17,18)/b13-11+,16-12-. The molecule has 96 valence electrons. The zero-order chi connectivity index (χ0) is 13.2. The molecule has 1 rings (SSSR count). The van der Waals surface area contributed by atoms with Crippen molar-refractivity contribution in [2.75, 3.05) is 0 Å². The van der Waals surface area contributed by atoms with Gasteiger partial charge in [-0.05, 0) is 24.5 Å². The molecule has 0 atom stereocenters. The zero-order valence-electron chi connectivity index (χ0n) is 11.0. The molecule has 3 nitrogen and oxygen atoms in total. The number of nitrogens with one attached hydrogen (secondary N) is 1. The molecular weight excluding hydrogens is 224 g/mol. The van der Waals surface area contributed by atoms with Gasteiger partial charge in [0.15, 0.2) is 0 Å². The molecule has 0 aliphatic rings. The first-order valence-electron chi connectivity index (χ1n) is 6.27. The molecule has 0 bridgehead atoms. The summed E-state index contributed by atoms with van der Waals surface area (Å²) in [6.45, 7) is 4.01. The largest absolute Gasteiger partial charge is 0.273 e. The van der Waals surface area contributed by atoms with Gasteiger partial charge in [0.25, 0.3) is 0 Å². The Morgan fingerprint density at radius 3 is 2.72 bits per heavy atom. The van der Waals surface area contributed by atoms with Crippen LogP contribution >= 0.6 is 0 Å². The number of hydrazone groups is 1. The van der Waals surface area contributed by atoms with E-state index >= 15 is 0 Å². The van der Waals surface area contributed by atoms with Gasteiger partial charge in [-0.25, -0.2) is 5.43 Å². The predicted octanol–water partition coefficient (Wildman–Crippen LogP) is 3.38. The van der Waals surface area contributed by atoms with Crippen molar-refractivity contribution in [1.82, 2.24) is 5.43 Å². The van der Waals surface area contributed by atoms with Crippen LogP contribution in [0.4, 0.5) is 0 Å².